The van der Waals surface area contributed by atoms with E-state index in [1.165, 1.54) is 12.1 Å². The number of carbonyl (C=O) groups is 1. The molecule has 27 heavy (non-hydrogen) atoms. The average molecular weight is 371 g/mol. The van der Waals surface area contributed by atoms with Crippen LogP contribution < -0.4 is 4.90 Å². The molecule has 4 rings (SSSR count). The minimum atomic E-state index is -1.06. The highest BCUT2D eigenvalue weighted by Gasteiger charge is 2.28. The van der Waals surface area contributed by atoms with Crippen LogP contribution >= 0.6 is 0 Å². The Morgan fingerprint density at radius 1 is 1.22 bits per heavy atom. The molecule has 6 nitrogen and oxygen atoms in total. The molecule has 0 bridgehead atoms. The number of aromatic nitrogens is 2. The van der Waals surface area contributed by atoms with Crippen molar-refractivity contribution in [3.8, 4) is 11.3 Å². The molecule has 2 aromatic heterocycles. The fourth-order valence-electron chi connectivity index (χ4n) is 3.21. The van der Waals surface area contributed by atoms with Crippen molar-refractivity contribution < 1.29 is 23.2 Å². The van der Waals surface area contributed by atoms with E-state index in [1.807, 2.05) is 4.90 Å². The quantitative estimate of drug-likeness (QED) is 0.758. The van der Waals surface area contributed by atoms with Crippen LogP contribution in [0.2, 0.25) is 0 Å². The summed E-state index contributed by atoms with van der Waals surface area (Å²) in [4.78, 5) is 17.8. The monoisotopic (exact) mass is 371 g/mol. The Hall–Kier alpha value is -3.29. The second-order valence-electron chi connectivity index (χ2n) is 6.36. The van der Waals surface area contributed by atoms with Gasteiger partial charge in [0, 0.05) is 29.8 Å². The molecule has 0 radical (unpaired) electrons. The molecule has 138 valence electrons. The van der Waals surface area contributed by atoms with Crippen molar-refractivity contribution in [2.24, 2.45) is 0 Å². The first kappa shape index (κ1) is 17.1. The van der Waals surface area contributed by atoms with Gasteiger partial charge in [0.05, 0.1) is 6.54 Å². The Morgan fingerprint density at radius 3 is 2.78 bits per heavy atom. The number of anilines is 1. The molecule has 0 saturated heterocycles. The number of halogens is 2. The fourth-order valence-corrected chi connectivity index (χ4v) is 3.21. The Morgan fingerprint density at radius 2 is 2.04 bits per heavy atom. The van der Waals surface area contributed by atoms with Gasteiger partial charge in [-0.15, -0.1) is 0 Å². The number of fused-ring (bicyclic) bond motifs is 1. The van der Waals surface area contributed by atoms with Gasteiger partial charge < -0.3 is 14.5 Å². The number of hydrogen-bond acceptors (Lipinski definition) is 5. The molecular formula is C19H15F2N3O3. The summed E-state index contributed by atoms with van der Waals surface area (Å²) < 4.78 is 32.2. The van der Waals surface area contributed by atoms with E-state index in [9.17, 15) is 18.7 Å². The number of carboxylic acid groups (broad SMARTS) is 1. The average Bonchev–Trinajstić information content (AvgIpc) is 3.07. The van der Waals surface area contributed by atoms with Gasteiger partial charge in [-0.3, -0.25) is 0 Å². The molecule has 0 unspecified atom stereocenters. The van der Waals surface area contributed by atoms with E-state index in [0.29, 0.717) is 53.6 Å². The van der Waals surface area contributed by atoms with Crippen LogP contribution in [0.1, 0.15) is 27.4 Å². The standard InChI is InChI=1S/C19H15F2N3O3/c1-10-2-4-12(19(25)26)18(22-10)24-7-6-16-13(9-24)17(23-27-16)11-3-5-14(20)15(21)8-11/h2-5,8H,6-7,9H2,1H3,(H,25,26). The molecule has 0 fully saturated rings. The number of benzene rings is 1. The van der Waals surface area contributed by atoms with Crippen LogP contribution in [0.3, 0.4) is 0 Å². The number of rotatable bonds is 3. The summed E-state index contributed by atoms with van der Waals surface area (Å²) in [5, 5.41) is 13.5. The number of aryl methyl sites for hydroxylation is 1. The number of aromatic carboxylic acids is 1. The maximum absolute atomic E-state index is 13.6. The van der Waals surface area contributed by atoms with Gasteiger partial charge in [-0.05, 0) is 37.3 Å². The molecule has 3 aromatic rings. The first-order valence-electron chi connectivity index (χ1n) is 8.33. The highest BCUT2D eigenvalue weighted by Crippen LogP contribution is 2.33. The maximum atomic E-state index is 13.6. The van der Waals surface area contributed by atoms with Gasteiger partial charge in [-0.2, -0.15) is 0 Å². The van der Waals surface area contributed by atoms with Gasteiger partial charge in [-0.25, -0.2) is 18.6 Å². The maximum Gasteiger partial charge on any atom is 0.339 e. The van der Waals surface area contributed by atoms with E-state index in [2.05, 4.69) is 10.1 Å². The summed E-state index contributed by atoms with van der Waals surface area (Å²) >= 11 is 0. The molecular weight excluding hydrogens is 356 g/mol. The van der Waals surface area contributed by atoms with E-state index in [1.54, 1.807) is 13.0 Å². The lowest BCUT2D eigenvalue weighted by Gasteiger charge is -2.28. The third kappa shape index (κ3) is 3.03. The van der Waals surface area contributed by atoms with Gasteiger partial charge >= 0.3 is 5.97 Å². The molecule has 8 heteroatoms. The Labute approximate surface area is 153 Å². The van der Waals surface area contributed by atoms with Gasteiger partial charge in [0.1, 0.15) is 22.8 Å². The molecule has 1 aromatic carbocycles. The SMILES string of the molecule is Cc1ccc(C(=O)O)c(N2CCc3onc(-c4ccc(F)c(F)c4)c3C2)n1. The van der Waals surface area contributed by atoms with Crippen molar-refractivity contribution in [1.29, 1.82) is 0 Å². The first-order chi connectivity index (χ1) is 12.9. The lowest BCUT2D eigenvalue weighted by Crippen LogP contribution is -2.32. The van der Waals surface area contributed by atoms with E-state index in [0.717, 1.165) is 12.1 Å². The summed E-state index contributed by atoms with van der Waals surface area (Å²) in [7, 11) is 0. The predicted octanol–water partition coefficient (Wildman–Crippen LogP) is 3.58. The first-order valence-corrected chi connectivity index (χ1v) is 8.33. The summed E-state index contributed by atoms with van der Waals surface area (Å²) in [6, 6.07) is 6.72. The van der Waals surface area contributed by atoms with Crippen LogP contribution in [0.15, 0.2) is 34.9 Å². The molecule has 1 aliphatic heterocycles. The third-order valence-electron chi connectivity index (χ3n) is 4.56. The minimum absolute atomic E-state index is 0.106. The second-order valence-corrected chi connectivity index (χ2v) is 6.36. The molecule has 0 spiro atoms. The summed E-state index contributed by atoms with van der Waals surface area (Å²) in [6.45, 7) is 2.61. The van der Waals surface area contributed by atoms with Crippen molar-refractivity contribution in [3.63, 3.8) is 0 Å². The summed E-state index contributed by atoms with van der Waals surface area (Å²) in [5.74, 6) is -1.95. The zero-order chi connectivity index (χ0) is 19.1. The van der Waals surface area contributed by atoms with Crippen LogP contribution in [0, 0.1) is 18.6 Å². The third-order valence-corrected chi connectivity index (χ3v) is 4.56. The fraction of sp³-hybridized carbons (Fsp3) is 0.211. The molecule has 1 aliphatic rings. The van der Waals surface area contributed by atoms with Crippen molar-refractivity contribution >= 4 is 11.8 Å². The zero-order valence-corrected chi connectivity index (χ0v) is 14.4. The van der Waals surface area contributed by atoms with Crippen molar-refractivity contribution in [1.82, 2.24) is 10.1 Å². The molecule has 1 N–H and O–H groups in total. The highest BCUT2D eigenvalue weighted by atomic mass is 19.2. The number of hydrogen-bond donors (Lipinski definition) is 1. The van der Waals surface area contributed by atoms with Crippen molar-refractivity contribution in [2.45, 2.75) is 19.9 Å². The van der Waals surface area contributed by atoms with E-state index in [4.69, 9.17) is 4.52 Å². The largest absolute Gasteiger partial charge is 0.478 e. The number of pyridine rings is 1. The molecule has 3 heterocycles. The van der Waals surface area contributed by atoms with Crippen LogP contribution in [-0.2, 0) is 13.0 Å². The molecule has 0 atom stereocenters. The van der Waals surface area contributed by atoms with Gasteiger partial charge in [0.25, 0.3) is 0 Å². The smallest absolute Gasteiger partial charge is 0.339 e. The number of carboxylic acids is 1. The van der Waals surface area contributed by atoms with Crippen LogP contribution in [-0.4, -0.2) is 27.8 Å². The molecule has 0 amide bonds. The summed E-state index contributed by atoms with van der Waals surface area (Å²) in [5.41, 5.74) is 2.34. The Balaban J connectivity index is 1.74. The van der Waals surface area contributed by atoms with Gasteiger partial charge in [0.15, 0.2) is 11.6 Å². The van der Waals surface area contributed by atoms with E-state index >= 15 is 0 Å². The lowest BCUT2D eigenvalue weighted by atomic mass is 10.0. The predicted molar refractivity (Wildman–Crippen MR) is 92.5 cm³/mol. The van der Waals surface area contributed by atoms with E-state index in [-0.39, 0.29) is 5.56 Å². The van der Waals surface area contributed by atoms with E-state index < -0.39 is 17.6 Å². The Kier molecular flexibility index (Phi) is 4.10. The minimum Gasteiger partial charge on any atom is -0.478 e. The van der Waals surface area contributed by atoms with Crippen molar-refractivity contribution in [2.75, 3.05) is 11.4 Å². The Bertz CT molecular complexity index is 1050. The molecule has 0 aliphatic carbocycles. The zero-order valence-electron chi connectivity index (χ0n) is 14.4. The summed E-state index contributed by atoms with van der Waals surface area (Å²) in [6.07, 6.45) is 0.501. The lowest BCUT2D eigenvalue weighted by molar-refractivity contribution is 0.0697. The van der Waals surface area contributed by atoms with Crippen LogP contribution in [0.4, 0.5) is 14.6 Å². The normalized spacial score (nSPS) is 13.5. The topological polar surface area (TPSA) is 79.5 Å². The molecule has 0 saturated carbocycles. The second kappa shape index (κ2) is 6.46. The van der Waals surface area contributed by atoms with Gasteiger partial charge in [-0.1, -0.05) is 5.16 Å². The van der Waals surface area contributed by atoms with Crippen LogP contribution in [0.25, 0.3) is 11.3 Å². The van der Waals surface area contributed by atoms with Crippen LogP contribution in [0.5, 0.6) is 0 Å². The van der Waals surface area contributed by atoms with Gasteiger partial charge in [0.2, 0.25) is 0 Å². The number of nitrogens with zero attached hydrogens (tertiary/aromatic N) is 3. The highest BCUT2D eigenvalue weighted by molar-refractivity contribution is 5.93. The van der Waals surface area contributed by atoms with Crippen molar-refractivity contribution in [3.05, 3.63) is 64.5 Å².